The Hall–Kier alpha value is -1.86. The molecule has 0 radical (unpaired) electrons. The Morgan fingerprint density at radius 1 is 1.40 bits per heavy atom. The second-order valence-electron chi connectivity index (χ2n) is 4.35. The van der Waals surface area contributed by atoms with Crippen LogP contribution in [-0.2, 0) is 0 Å². The lowest BCUT2D eigenvalue weighted by molar-refractivity contribution is 0.0764. The Morgan fingerprint density at radius 2 is 2.15 bits per heavy atom. The van der Waals surface area contributed by atoms with Crippen molar-refractivity contribution in [3.05, 3.63) is 35.1 Å². The molecule has 108 valence electrons. The van der Waals surface area contributed by atoms with Gasteiger partial charge in [0.2, 0.25) is 0 Å². The maximum Gasteiger partial charge on any atom is 0.253 e. The molecule has 0 bridgehead atoms. The standard InChI is InChI=1S/C16H20FNO2/c1-3-10-18(4-2)16(20)14-9-8-13(15(17)12-14)7-5-6-11-19/h8-9,12,19H,3-4,6,10-11H2,1-2H3. The highest BCUT2D eigenvalue weighted by Crippen LogP contribution is 2.12. The van der Waals surface area contributed by atoms with E-state index in [4.69, 9.17) is 5.11 Å². The minimum absolute atomic E-state index is 0.0480. The Balaban J connectivity index is 2.92. The van der Waals surface area contributed by atoms with E-state index >= 15 is 0 Å². The number of aliphatic hydroxyl groups excluding tert-OH is 1. The molecular weight excluding hydrogens is 257 g/mol. The second-order valence-corrected chi connectivity index (χ2v) is 4.35. The van der Waals surface area contributed by atoms with Gasteiger partial charge in [0.25, 0.3) is 5.91 Å². The summed E-state index contributed by atoms with van der Waals surface area (Å²) >= 11 is 0. The third-order valence-electron chi connectivity index (χ3n) is 2.84. The van der Waals surface area contributed by atoms with Crippen LogP contribution in [0.4, 0.5) is 4.39 Å². The minimum atomic E-state index is -0.506. The molecular formula is C16H20FNO2. The smallest absolute Gasteiger partial charge is 0.253 e. The van der Waals surface area contributed by atoms with E-state index in [1.54, 1.807) is 11.0 Å². The van der Waals surface area contributed by atoms with E-state index in [0.717, 1.165) is 6.42 Å². The molecule has 1 aromatic carbocycles. The lowest BCUT2D eigenvalue weighted by Crippen LogP contribution is -2.31. The maximum absolute atomic E-state index is 13.9. The molecule has 0 aliphatic rings. The van der Waals surface area contributed by atoms with Gasteiger partial charge in [-0.25, -0.2) is 4.39 Å². The zero-order valence-corrected chi connectivity index (χ0v) is 11.9. The van der Waals surface area contributed by atoms with Crippen LogP contribution in [0.5, 0.6) is 0 Å². The number of carbonyl (C=O) groups is 1. The number of hydrogen-bond donors (Lipinski definition) is 1. The highest BCUT2D eigenvalue weighted by atomic mass is 19.1. The molecule has 3 nitrogen and oxygen atoms in total. The van der Waals surface area contributed by atoms with Gasteiger partial charge in [0.05, 0.1) is 12.2 Å². The summed E-state index contributed by atoms with van der Waals surface area (Å²) in [6, 6.07) is 4.32. The average Bonchev–Trinajstić information content (AvgIpc) is 2.46. The molecule has 0 unspecified atom stereocenters. The third-order valence-corrected chi connectivity index (χ3v) is 2.84. The Labute approximate surface area is 119 Å². The summed E-state index contributed by atoms with van der Waals surface area (Å²) in [4.78, 5) is 13.9. The lowest BCUT2D eigenvalue weighted by Gasteiger charge is -2.20. The van der Waals surface area contributed by atoms with Crippen molar-refractivity contribution in [2.24, 2.45) is 0 Å². The van der Waals surface area contributed by atoms with Gasteiger partial charge in [-0.3, -0.25) is 4.79 Å². The van der Waals surface area contributed by atoms with Gasteiger partial charge in [-0.15, -0.1) is 0 Å². The normalized spacial score (nSPS) is 9.80. The topological polar surface area (TPSA) is 40.5 Å². The largest absolute Gasteiger partial charge is 0.395 e. The van der Waals surface area contributed by atoms with Gasteiger partial charge in [-0.1, -0.05) is 18.8 Å². The molecule has 0 saturated carbocycles. The number of carbonyl (C=O) groups excluding carboxylic acids is 1. The number of halogens is 1. The average molecular weight is 277 g/mol. The van der Waals surface area contributed by atoms with Gasteiger partial charge >= 0.3 is 0 Å². The molecule has 4 heteroatoms. The van der Waals surface area contributed by atoms with Crippen LogP contribution in [0.25, 0.3) is 0 Å². The Kier molecular flexibility index (Phi) is 6.75. The van der Waals surface area contributed by atoms with E-state index in [2.05, 4.69) is 11.8 Å². The van der Waals surface area contributed by atoms with E-state index in [-0.39, 0.29) is 18.1 Å². The van der Waals surface area contributed by atoms with Crippen molar-refractivity contribution >= 4 is 5.91 Å². The predicted octanol–water partition coefficient (Wildman–Crippen LogP) is 2.43. The number of nitrogens with zero attached hydrogens (tertiary/aromatic N) is 1. The molecule has 0 spiro atoms. The SMILES string of the molecule is CCCN(CC)C(=O)c1ccc(C#CCCO)c(F)c1. The summed E-state index contributed by atoms with van der Waals surface area (Å²) in [6.07, 6.45) is 1.17. The Morgan fingerprint density at radius 3 is 2.70 bits per heavy atom. The first-order valence-electron chi connectivity index (χ1n) is 6.82. The highest BCUT2D eigenvalue weighted by molar-refractivity contribution is 5.94. The van der Waals surface area contributed by atoms with E-state index in [0.29, 0.717) is 25.1 Å². The number of hydrogen-bond acceptors (Lipinski definition) is 2. The summed E-state index contributed by atoms with van der Waals surface area (Å²) in [5, 5.41) is 8.62. The third kappa shape index (κ3) is 4.36. The summed E-state index contributed by atoms with van der Waals surface area (Å²) in [7, 11) is 0. The van der Waals surface area contributed by atoms with Crippen LogP contribution in [0, 0.1) is 17.7 Å². The molecule has 1 rings (SSSR count). The van der Waals surface area contributed by atoms with Crippen molar-refractivity contribution < 1.29 is 14.3 Å². The van der Waals surface area contributed by atoms with E-state index in [1.807, 2.05) is 13.8 Å². The van der Waals surface area contributed by atoms with Crippen molar-refractivity contribution in [1.82, 2.24) is 4.90 Å². The lowest BCUT2D eigenvalue weighted by atomic mass is 10.1. The van der Waals surface area contributed by atoms with Crippen LogP contribution in [0.3, 0.4) is 0 Å². The van der Waals surface area contributed by atoms with Crippen LogP contribution in [-0.4, -0.2) is 35.6 Å². The molecule has 0 aromatic heterocycles. The molecule has 0 heterocycles. The summed E-state index contributed by atoms with van der Waals surface area (Å²) in [5.41, 5.74) is 0.582. The van der Waals surface area contributed by atoms with E-state index < -0.39 is 5.82 Å². The van der Waals surface area contributed by atoms with E-state index in [9.17, 15) is 9.18 Å². The monoisotopic (exact) mass is 277 g/mol. The fourth-order valence-electron chi connectivity index (χ4n) is 1.82. The molecule has 20 heavy (non-hydrogen) atoms. The fourth-order valence-corrected chi connectivity index (χ4v) is 1.82. The van der Waals surface area contributed by atoms with Crippen molar-refractivity contribution in [2.75, 3.05) is 19.7 Å². The first-order chi connectivity index (χ1) is 9.63. The van der Waals surface area contributed by atoms with Crippen molar-refractivity contribution in [3.8, 4) is 11.8 Å². The van der Waals surface area contributed by atoms with Crippen molar-refractivity contribution in [1.29, 1.82) is 0 Å². The summed E-state index contributed by atoms with van der Waals surface area (Å²) < 4.78 is 13.9. The summed E-state index contributed by atoms with van der Waals surface area (Å²) in [5.74, 6) is 4.63. The molecule has 0 aliphatic heterocycles. The fraction of sp³-hybridized carbons (Fsp3) is 0.438. The second kappa shape index (κ2) is 8.34. The van der Waals surface area contributed by atoms with Gasteiger partial charge in [0.15, 0.2) is 0 Å². The van der Waals surface area contributed by atoms with Gasteiger partial charge in [-0.2, -0.15) is 0 Å². The van der Waals surface area contributed by atoms with Crippen molar-refractivity contribution in [3.63, 3.8) is 0 Å². The van der Waals surface area contributed by atoms with Gasteiger partial charge < -0.3 is 10.0 Å². The maximum atomic E-state index is 13.9. The molecule has 0 saturated heterocycles. The van der Waals surface area contributed by atoms with Crippen LogP contribution in [0.15, 0.2) is 18.2 Å². The van der Waals surface area contributed by atoms with Crippen LogP contribution in [0.2, 0.25) is 0 Å². The van der Waals surface area contributed by atoms with Gasteiger partial charge in [0, 0.05) is 25.1 Å². The molecule has 0 atom stereocenters. The highest BCUT2D eigenvalue weighted by Gasteiger charge is 2.14. The molecule has 1 aromatic rings. The van der Waals surface area contributed by atoms with Crippen LogP contribution in [0.1, 0.15) is 42.6 Å². The quantitative estimate of drug-likeness (QED) is 0.840. The zero-order valence-electron chi connectivity index (χ0n) is 11.9. The van der Waals surface area contributed by atoms with Crippen LogP contribution < -0.4 is 0 Å². The number of amides is 1. The minimum Gasteiger partial charge on any atom is -0.395 e. The molecule has 0 aliphatic carbocycles. The summed E-state index contributed by atoms with van der Waals surface area (Å²) in [6.45, 7) is 5.12. The number of benzene rings is 1. The van der Waals surface area contributed by atoms with Crippen LogP contribution >= 0.6 is 0 Å². The number of rotatable bonds is 5. The molecule has 0 fully saturated rings. The zero-order chi connectivity index (χ0) is 15.0. The Bertz CT molecular complexity index is 517. The van der Waals surface area contributed by atoms with Crippen molar-refractivity contribution in [2.45, 2.75) is 26.7 Å². The van der Waals surface area contributed by atoms with E-state index in [1.165, 1.54) is 12.1 Å². The van der Waals surface area contributed by atoms with Gasteiger partial charge in [-0.05, 0) is 31.5 Å². The number of aliphatic hydroxyl groups is 1. The predicted molar refractivity (Wildman–Crippen MR) is 76.8 cm³/mol. The molecule has 1 N–H and O–H groups in total. The first kappa shape index (κ1) is 16.2. The first-order valence-corrected chi connectivity index (χ1v) is 6.82. The van der Waals surface area contributed by atoms with Gasteiger partial charge in [0.1, 0.15) is 5.82 Å². The molecule has 1 amide bonds.